The van der Waals surface area contributed by atoms with Crippen LogP contribution in [0, 0.1) is 10.1 Å². The Morgan fingerprint density at radius 2 is 2.43 bits per heavy atom. The Labute approximate surface area is 78.7 Å². The Morgan fingerprint density at radius 3 is 3.07 bits per heavy atom. The quantitative estimate of drug-likeness (QED) is 0.578. The Bertz CT molecular complexity index is 492. The first-order valence-electron chi connectivity index (χ1n) is 3.89. The molecule has 0 aliphatic rings. The fraction of sp³-hybridized carbons (Fsp3) is 0.125. The topological polar surface area (TPSA) is 81.0 Å². The lowest BCUT2D eigenvalue weighted by atomic mass is 10.3. The minimum Gasteiger partial charge on any atom is -0.476 e. The highest BCUT2D eigenvalue weighted by Crippen LogP contribution is 2.27. The lowest BCUT2D eigenvalue weighted by Crippen LogP contribution is -1.96. The second-order valence-corrected chi connectivity index (χ2v) is 2.69. The summed E-state index contributed by atoms with van der Waals surface area (Å²) < 4.78 is 4.81. The standard InChI is InChI=1S/C8H7N3O3/c1-14-8-6(11(12)13)4-5-2-3-9-7(5)10-8/h2-4H,1H3,(H,9,10). The minimum absolute atomic E-state index is 0.0185. The van der Waals surface area contributed by atoms with Crippen LogP contribution in [-0.2, 0) is 0 Å². The van der Waals surface area contributed by atoms with E-state index in [4.69, 9.17) is 4.74 Å². The Balaban J connectivity index is 2.72. The van der Waals surface area contributed by atoms with Gasteiger partial charge in [-0.2, -0.15) is 4.98 Å². The van der Waals surface area contributed by atoms with Gasteiger partial charge in [0.1, 0.15) is 5.65 Å². The lowest BCUT2D eigenvalue weighted by Gasteiger charge is -1.99. The van der Waals surface area contributed by atoms with Crippen molar-refractivity contribution in [1.82, 2.24) is 9.97 Å². The maximum absolute atomic E-state index is 10.6. The Hall–Kier alpha value is -2.11. The van der Waals surface area contributed by atoms with Crippen LogP contribution in [-0.4, -0.2) is 22.0 Å². The monoisotopic (exact) mass is 193 g/mol. The van der Waals surface area contributed by atoms with Crippen LogP contribution in [0.2, 0.25) is 0 Å². The van der Waals surface area contributed by atoms with Crippen LogP contribution in [0.3, 0.4) is 0 Å². The predicted molar refractivity (Wildman–Crippen MR) is 49.3 cm³/mol. The van der Waals surface area contributed by atoms with E-state index in [9.17, 15) is 10.1 Å². The van der Waals surface area contributed by atoms with Crippen molar-refractivity contribution in [2.75, 3.05) is 7.11 Å². The number of aromatic amines is 1. The summed E-state index contributed by atoms with van der Waals surface area (Å²) in [5, 5.41) is 11.3. The Kier molecular flexibility index (Phi) is 1.81. The molecule has 2 rings (SSSR count). The van der Waals surface area contributed by atoms with Gasteiger partial charge in [0, 0.05) is 17.6 Å². The number of ether oxygens (including phenoxy) is 1. The summed E-state index contributed by atoms with van der Waals surface area (Å²) in [5.74, 6) is 0.0185. The zero-order valence-electron chi connectivity index (χ0n) is 7.35. The third-order valence-electron chi connectivity index (χ3n) is 1.87. The summed E-state index contributed by atoms with van der Waals surface area (Å²) in [6.07, 6.45) is 1.67. The number of nitrogens with zero attached hydrogens (tertiary/aromatic N) is 2. The van der Waals surface area contributed by atoms with Gasteiger partial charge < -0.3 is 9.72 Å². The highest BCUT2D eigenvalue weighted by molar-refractivity contribution is 5.79. The third-order valence-corrected chi connectivity index (χ3v) is 1.87. The highest BCUT2D eigenvalue weighted by Gasteiger charge is 2.17. The van der Waals surface area contributed by atoms with Crippen LogP contribution in [0.25, 0.3) is 11.0 Å². The molecule has 72 valence electrons. The van der Waals surface area contributed by atoms with E-state index in [2.05, 4.69) is 9.97 Å². The van der Waals surface area contributed by atoms with Gasteiger partial charge in [-0.15, -0.1) is 0 Å². The third kappa shape index (κ3) is 1.17. The van der Waals surface area contributed by atoms with E-state index in [0.717, 1.165) is 0 Å². The van der Waals surface area contributed by atoms with E-state index in [0.29, 0.717) is 11.0 Å². The van der Waals surface area contributed by atoms with Gasteiger partial charge in [0.2, 0.25) is 0 Å². The molecule has 0 aliphatic heterocycles. The summed E-state index contributed by atoms with van der Waals surface area (Å²) in [5.41, 5.74) is 0.451. The van der Waals surface area contributed by atoms with Crippen molar-refractivity contribution in [1.29, 1.82) is 0 Å². The largest absolute Gasteiger partial charge is 0.476 e. The maximum atomic E-state index is 10.6. The number of hydrogen-bond donors (Lipinski definition) is 1. The molecule has 0 bridgehead atoms. The SMILES string of the molecule is COc1nc2[nH]ccc2cc1[N+](=O)[O-]. The van der Waals surface area contributed by atoms with Crippen LogP contribution in [0.5, 0.6) is 5.88 Å². The molecule has 0 saturated carbocycles. The van der Waals surface area contributed by atoms with E-state index in [-0.39, 0.29) is 11.6 Å². The molecule has 2 aromatic heterocycles. The molecule has 0 atom stereocenters. The molecule has 0 aliphatic carbocycles. The number of hydrogen-bond acceptors (Lipinski definition) is 4. The summed E-state index contributed by atoms with van der Waals surface area (Å²) >= 11 is 0. The molecule has 6 heteroatoms. The molecule has 14 heavy (non-hydrogen) atoms. The molecule has 2 aromatic rings. The lowest BCUT2D eigenvalue weighted by molar-refractivity contribution is -0.386. The number of H-pyrrole nitrogens is 1. The van der Waals surface area contributed by atoms with E-state index in [1.165, 1.54) is 13.2 Å². The van der Waals surface area contributed by atoms with Gasteiger partial charge in [0.25, 0.3) is 5.88 Å². The second-order valence-electron chi connectivity index (χ2n) is 2.69. The molecule has 0 radical (unpaired) electrons. The number of rotatable bonds is 2. The van der Waals surface area contributed by atoms with E-state index >= 15 is 0 Å². The van der Waals surface area contributed by atoms with Crippen molar-refractivity contribution >= 4 is 16.7 Å². The van der Waals surface area contributed by atoms with Gasteiger partial charge in [0.15, 0.2) is 0 Å². The molecular weight excluding hydrogens is 186 g/mol. The van der Waals surface area contributed by atoms with Gasteiger partial charge in [-0.05, 0) is 6.07 Å². The smallest absolute Gasteiger partial charge is 0.331 e. The zero-order chi connectivity index (χ0) is 10.1. The van der Waals surface area contributed by atoms with Crippen molar-refractivity contribution in [2.24, 2.45) is 0 Å². The van der Waals surface area contributed by atoms with Gasteiger partial charge in [-0.1, -0.05) is 0 Å². The predicted octanol–water partition coefficient (Wildman–Crippen LogP) is 1.48. The summed E-state index contributed by atoms with van der Waals surface area (Å²) in [7, 11) is 1.35. The molecule has 0 amide bonds. The van der Waals surface area contributed by atoms with Crippen molar-refractivity contribution < 1.29 is 9.66 Å². The number of fused-ring (bicyclic) bond motifs is 1. The number of nitrogens with one attached hydrogen (secondary N) is 1. The summed E-state index contributed by atoms with van der Waals surface area (Å²) in [4.78, 5) is 16.9. The van der Waals surface area contributed by atoms with E-state index < -0.39 is 4.92 Å². The van der Waals surface area contributed by atoms with Crippen LogP contribution < -0.4 is 4.74 Å². The first kappa shape index (κ1) is 8.49. The molecule has 0 saturated heterocycles. The first-order chi connectivity index (χ1) is 6.72. The Morgan fingerprint density at radius 1 is 1.64 bits per heavy atom. The van der Waals surface area contributed by atoms with E-state index in [1.54, 1.807) is 12.3 Å². The maximum Gasteiger partial charge on any atom is 0.331 e. The number of methoxy groups -OCH3 is 1. The molecule has 2 heterocycles. The first-order valence-corrected chi connectivity index (χ1v) is 3.89. The summed E-state index contributed by atoms with van der Waals surface area (Å²) in [6.45, 7) is 0. The highest BCUT2D eigenvalue weighted by atomic mass is 16.6. The molecule has 6 nitrogen and oxygen atoms in total. The van der Waals surface area contributed by atoms with Crippen LogP contribution in [0.15, 0.2) is 18.3 Å². The number of pyridine rings is 1. The fourth-order valence-corrected chi connectivity index (χ4v) is 1.23. The molecule has 0 fully saturated rings. The van der Waals surface area contributed by atoms with Crippen molar-refractivity contribution in [3.63, 3.8) is 0 Å². The molecular formula is C8H7N3O3. The normalized spacial score (nSPS) is 10.4. The van der Waals surface area contributed by atoms with Crippen molar-refractivity contribution in [2.45, 2.75) is 0 Å². The van der Waals surface area contributed by atoms with Crippen LogP contribution in [0.1, 0.15) is 0 Å². The summed E-state index contributed by atoms with van der Waals surface area (Å²) in [6, 6.07) is 3.15. The second kappa shape index (κ2) is 2.99. The average Bonchev–Trinajstić information content (AvgIpc) is 2.62. The number of nitro groups is 1. The molecule has 1 N–H and O–H groups in total. The fourth-order valence-electron chi connectivity index (χ4n) is 1.23. The van der Waals surface area contributed by atoms with Crippen LogP contribution >= 0.6 is 0 Å². The van der Waals surface area contributed by atoms with E-state index in [1.807, 2.05) is 0 Å². The van der Waals surface area contributed by atoms with Crippen LogP contribution in [0.4, 0.5) is 5.69 Å². The molecule has 0 unspecified atom stereocenters. The molecule has 0 spiro atoms. The van der Waals surface area contributed by atoms with Gasteiger partial charge in [-0.3, -0.25) is 10.1 Å². The van der Waals surface area contributed by atoms with Crippen molar-refractivity contribution in [3.05, 3.63) is 28.4 Å². The van der Waals surface area contributed by atoms with Gasteiger partial charge in [0.05, 0.1) is 12.0 Å². The van der Waals surface area contributed by atoms with Crippen molar-refractivity contribution in [3.8, 4) is 5.88 Å². The van der Waals surface area contributed by atoms with Gasteiger partial charge >= 0.3 is 5.69 Å². The number of aromatic nitrogens is 2. The minimum atomic E-state index is -0.516. The zero-order valence-corrected chi connectivity index (χ0v) is 7.35. The van der Waals surface area contributed by atoms with Gasteiger partial charge in [-0.25, -0.2) is 0 Å². The molecule has 0 aromatic carbocycles. The average molecular weight is 193 g/mol.